The fourth-order valence-corrected chi connectivity index (χ4v) is 7.43. The van der Waals surface area contributed by atoms with Crippen molar-refractivity contribution in [1.29, 1.82) is 0 Å². The minimum Gasteiger partial charge on any atom is -0.462 e. The molecule has 0 saturated carbocycles. The van der Waals surface area contributed by atoms with Crippen LogP contribution in [0.4, 0.5) is 0 Å². The van der Waals surface area contributed by atoms with Crippen LogP contribution in [0, 0.1) is 0 Å². The van der Waals surface area contributed by atoms with E-state index < -0.39 is 99.3 Å². The Morgan fingerprint density at radius 3 is 1.48 bits per heavy atom. The van der Waals surface area contributed by atoms with Crippen LogP contribution in [0.25, 0.3) is 0 Å². The molecule has 0 bridgehead atoms. The van der Waals surface area contributed by atoms with Gasteiger partial charge in [0.15, 0.2) is 18.7 Å². The zero-order valence-electron chi connectivity index (χ0n) is 39.5. The zero-order valence-corrected chi connectivity index (χ0v) is 39.5. The van der Waals surface area contributed by atoms with Crippen molar-refractivity contribution in [3.05, 3.63) is 48.6 Å². The van der Waals surface area contributed by atoms with Crippen molar-refractivity contribution in [2.75, 3.05) is 26.4 Å². The number of hydrogen-bond donors (Lipinski definition) is 7. The number of esters is 2. The van der Waals surface area contributed by atoms with E-state index in [1.807, 2.05) is 0 Å². The van der Waals surface area contributed by atoms with E-state index in [4.69, 9.17) is 28.4 Å². The van der Waals surface area contributed by atoms with E-state index in [0.717, 1.165) is 64.2 Å². The number of hydrogen-bond acceptors (Lipinski definition) is 15. The van der Waals surface area contributed by atoms with E-state index >= 15 is 0 Å². The maximum Gasteiger partial charge on any atom is 0.306 e. The third kappa shape index (κ3) is 26.0. The van der Waals surface area contributed by atoms with Crippen molar-refractivity contribution >= 4 is 11.9 Å². The predicted molar refractivity (Wildman–Crippen MR) is 247 cm³/mol. The Labute approximate surface area is 388 Å². The molecule has 11 atom stereocenters. The number of aliphatic hydroxyl groups excluding tert-OH is 7. The van der Waals surface area contributed by atoms with Crippen molar-refractivity contribution < 1.29 is 73.8 Å². The van der Waals surface area contributed by atoms with Crippen LogP contribution in [0.5, 0.6) is 0 Å². The van der Waals surface area contributed by atoms with Crippen LogP contribution in [0.2, 0.25) is 0 Å². The molecule has 2 rings (SSSR count). The molecular formula is C50H86O15. The zero-order chi connectivity index (χ0) is 47.5. The molecule has 2 aliphatic rings. The molecule has 0 spiro atoms. The van der Waals surface area contributed by atoms with Crippen LogP contribution in [0.3, 0.4) is 0 Å². The highest BCUT2D eigenvalue weighted by molar-refractivity contribution is 5.70. The molecule has 4 unspecified atom stereocenters. The lowest BCUT2D eigenvalue weighted by molar-refractivity contribution is -0.332. The van der Waals surface area contributed by atoms with Crippen molar-refractivity contribution in [2.45, 2.75) is 229 Å². The molecule has 2 saturated heterocycles. The molecule has 2 fully saturated rings. The smallest absolute Gasteiger partial charge is 0.306 e. The van der Waals surface area contributed by atoms with Gasteiger partial charge in [0.2, 0.25) is 0 Å². The van der Waals surface area contributed by atoms with Gasteiger partial charge in [0.05, 0.1) is 19.8 Å². The average Bonchev–Trinajstić information content (AvgIpc) is 3.30. The SMILES string of the molecule is CCCCC/C=C/C/C=C/C/C=C/C/C=C/CCCCCC(=O)OC[C@H](CO[C@H]1O[C@@H](CO[C@H]2O[C@@H](CO)[C@@H](O)C(O)C2O)[C@@H](O)C(O)C1O)OC(=O)CCCCCCCCCCCC. The van der Waals surface area contributed by atoms with E-state index in [1.165, 1.54) is 57.8 Å². The molecule has 0 aromatic rings. The third-order valence-electron chi connectivity index (χ3n) is 11.6. The Balaban J connectivity index is 1.82. The quantitative estimate of drug-likeness (QED) is 0.0205. The summed E-state index contributed by atoms with van der Waals surface area (Å²) in [5.74, 6) is -0.964. The predicted octanol–water partition coefficient (Wildman–Crippen LogP) is 6.32. The molecule has 15 nitrogen and oxygen atoms in total. The van der Waals surface area contributed by atoms with Gasteiger partial charge >= 0.3 is 11.9 Å². The van der Waals surface area contributed by atoms with Gasteiger partial charge in [-0.3, -0.25) is 9.59 Å². The number of allylic oxidation sites excluding steroid dienone is 8. The van der Waals surface area contributed by atoms with Crippen LogP contribution in [0.15, 0.2) is 48.6 Å². The van der Waals surface area contributed by atoms with Gasteiger partial charge < -0.3 is 64.2 Å². The second kappa shape index (κ2) is 37.4. The van der Waals surface area contributed by atoms with Crippen molar-refractivity contribution in [3.8, 4) is 0 Å². The minimum atomic E-state index is -1.77. The first-order valence-corrected chi connectivity index (χ1v) is 24.7. The molecular weight excluding hydrogens is 841 g/mol. The summed E-state index contributed by atoms with van der Waals surface area (Å²) >= 11 is 0. The molecule has 0 radical (unpaired) electrons. The fourth-order valence-electron chi connectivity index (χ4n) is 7.43. The lowest BCUT2D eigenvalue weighted by atomic mass is 9.98. The lowest BCUT2D eigenvalue weighted by Gasteiger charge is -2.42. The summed E-state index contributed by atoms with van der Waals surface area (Å²) in [7, 11) is 0. The second-order valence-electron chi connectivity index (χ2n) is 17.3. The molecule has 65 heavy (non-hydrogen) atoms. The van der Waals surface area contributed by atoms with Gasteiger partial charge in [0.1, 0.15) is 55.4 Å². The fraction of sp³-hybridized carbons (Fsp3) is 0.800. The van der Waals surface area contributed by atoms with Gasteiger partial charge in [-0.2, -0.15) is 0 Å². The molecule has 2 aliphatic heterocycles. The summed E-state index contributed by atoms with van der Waals surface area (Å²) < 4.78 is 33.5. The van der Waals surface area contributed by atoms with Crippen molar-refractivity contribution in [1.82, 2.24) is 0 Å². The number of rotatable bonds is 37. The molecule has 7 N–H and O–H groups in total. The van der Waals surface area contributed by atoms with Gasteiger partial charge in [-0.1, -0.05) is 140 Å². The molecule has 376 valence electrons. The first-order valence-electron chi connectivity index (χ1n) is 24.7. The Hall–Kier alpha value is -2.54. The van der Waals surface area contributed by atoms with Gasteiger partial charge in [-0.15, -0.1) is 0 Å². The van der Waals surface area contributed by atoms with E-state index in [-0.39, 0.29) is 19.4 Å². The maximum absolute atomic E-state index is 12.9. The van der Waals surface area contributed by atoms with Crippen molar-refractivity contribution in [3.63, 3.8) is 0 Å². The summed E-state index contributed by atoms with van der Waals surface area (Å²) in [4.78, 5) is 25.6. The Bertz CT molecular complexity index is 1320. The maximum atomic E-state index is 12.9. The first-order chi connectivity index (χ1) is 31.5. The molecule has 0 aromatic carbocycles. The highest BCUT2D eigenvalue weighted by atomic mass is 16.7. The molecule has 0 aliphatic carbocycles. The van der Waals surface area contributed by atoms with Gasteiger partial charge in [-0.05, 0) is 57.8 Å². The minimum absolute atomic E-state index is 0.158. The van der Waals surface area contributed by atoms with Gasteiger partial charge in [0, 0.05) is 12.8 Å². The van der Waals surface area contributed by atoms with E-state index in [9.17, 15) is 45.3 Å². The summed E-state index contributed by atoms with van der Waals surface area (Å²) in [6, 6.07) is 0. The summed E-state index contributed by atoms with van der Waals surface area (Å²) in [5.41, 5.74) is 0. The summed E-state index contributed by atoms with van der Waals surface area (Å²) in [5, 5.41) is 71.9. The highest BCUT2D eigenvalue weighted by Crippen LogP contribution is 2.26. The number of carbonyl (C=O) groups excluding carboxylic acids is 2. The van der Waals surface area contributed by atoms with Crippen LogP contribution in [0.1, 0.15) is 162 Å². The second-order valence-corrected chi connectivity index (χ2v) is 17.3. The third-order valence-corrected chi connectivity index (χ3v) is 11.6. The highest BCUT2D eigenvalue weighted by Gasteiger charge is 2.47. The summed E-state index contributed by atoms with van der Waals surface area (Å²) in [6.45, 7) is 2.49. The van der Waals surface area contributed by atoms with Crippen LogP contribution >= 0.6 is 0 Å². The Morgan fingerprint density at radius 1 is 0.492 bits per heavy atom. The van der Waals surface area contributed by atoms with E-state index in [1.54, 1.807) is 0 Å². The number of ether oxygens (including phenoxy) is 6. The number of carbonyl (C=O) groups is 2. The van der Waals surface area contributed by atoms with Crippen LogP contribution < -0.4 is 0 Å². The standard InChI is InChI=1S/C50H86O15/c1-3-5-7-9-11-13-15-16-17-18-19-20-21-22-23-25-26-28-30-32-41(52)60-35-38(63-42(53)33-31-29-27-24-14-12-10-8-6-4-2)36-61-49-48(59)46(57)44(55)40(65-49)37-62-50-47(58)45(56)43(54)39(34-51)64-50/h11,13,16-17,19-20,22-23,38-40,43-51,54-59H,3-10,12,14-15,18,21,24-37H2,1-2H3/b13-11+,17-16+,20-19+,23-22+/t38-,39+,40+,43-,44-,45?,46?,47?,48?,49+,50+/m1/s1. The van der Waals surface area contributed by atoms with Crippen LogP contribution in [-0.4, -0.2) is 142 Å². The topological polar surface area (TPSA) is 231 Å². The van der Waals surface area contributed by atoms with E-state index in [2.05, 4.69) is 62.5 Å². The number of unbranched alkanes of at least 4 members (excludes halogenated alkanes) is 15. The van der Waals surface area contributed by atoms with Gasteiger partial charge in [-0.25, -0.2) is 0 Å². The average molecular weight is 927 g/mol. The molecule has 2 heterocycles. The molecule has 0 amide bonds. The largest absolute Gasteiger partial charge is 0.462 e. The van der Waals surface area contributed by atoms with Gasteiger partial charge in [0.25, 0.3) is 0 Å². The van der Waals surface area contributed by atoms with Crippen LogP contribution in [-0.2, 0) is 38.0 Å². The Kier molecular flexibility index (Phi) is 33.7. The Morgan fingerprint density at radius 2 is 0.923 bits per heavy atom. The molecule has 15 heteroatoms. The number of aliphatic hydroxyl groups is 7. The first kappa shape index (κ1) is 58.6. The van der Waals surface area contributed by atoms with E-state index in [0.29, 0.717) is 12.8 Å². The monoisotopic (exact) mass is 927 g/mol. The lowest BCUT2D eigenvalue weighted by Crippen LogP contribution is -2.61. The van der Waals surface area contributed by atoms with Crippen molar-refractivity contribution in [2.24, 2.45) is 0 Å². The summed E-state index contributed by atoms with van der Waals surface area (Å²) in [6.07, 6.45) is 22.9. The normalized spacial score (nSPS) is 26.8. The molecule has 0 aromatic heterocycles.